The number of nitrogens with zero attached hydrogens (tertiary/aromatic N) is 1. The highest BCUT2D eigenvalue weighted by Crippen LogP contribution is 2.05. The summed E-state index contributed by atoms with van der Waals surface area (Å²) in [6, 6.07) is 5.84. The van der Waals surface area contributed by atoms with Crippen molar-refractivity contribution in [3.63, 3.8) is 0 Å². The van der Waals surface area contributed by atoms with Crippen LogP contribution in [0.15, 0.2) is 24.4 Å². The van der Waals surface area contributed by atoms with Gasteiger partial charge in [-0.2, -0.15) is 0 Å². The molecule has 0 amide bonds. The van der Waals surface area contributed by atoms with E-state index in [-0.39, 0.29) is 5.38 Å². The van der Waals surface area contributed by atoms with Crippen LogP contribution in [-0.2, 0) is 0 Å². The maximum absolute atomic E-state index is 5.82. The monoisotopic (exact) mass is 198 g/mol. The standard InChI is InChI=1S/C10H15ClN2/c1-9(11)5-4-8-13-10-6-2-3-7-12-10/h2-3,6-7,9H,4-5,8H2,1H3,(H,12,13). The van der Waals surface area contributed by atoms with Crippen LogP contribution in [0.25, 0.3) is 0 Å². The molecule has 0 saturated heterocycles. The Kier molecular flexibility index (Phi) is 4.61. The second-order valence-electron chi connectivity index (χ2n) is 3.06. The Morgan fingerprint density at radius 1 is 1.54 bits per heavy atom. The largest absolute Gasteiger partial charge is 0.370 e. The Balaban J connectivity index is 2.13. The Morgan fingerprint density at radius 2 is 2.38 bits per heavy atom. The van der Waals surface area contributed by atoms with Crippen LogP contribution in [0.3, 0.4) is 0 Å². The number of nitrogens with one attached hydrogen (secondary N) is 1. The molecule has 1 atom stereocenters. The SMILES string of the molecule is CC(Cl)CCCNc1ccccn1. The minimum atomic E-state index is 0.269. The molecule has 0 fully saturated rings. The van der Waals surface area contributed by atoms with Gasteiger partial charge in [0.2, 0.25) is 0 Å². The van der Waals surface area contributed by atoms with E-state index in [1.807, 2.05) is 25.1 Å². The van der Waals surface area contributed by atoms with Gasteiger partial charge in [-0.15, -0.1) is 11.6 Å². The van der Waals surface area contributed by atoms with E-state index < -0.39 is 0 Å². The fourth-order valence-electron chi connectivity index (χ4n) is 1.07. The van der Waals surface area contributed by atoms with Crippen molar-refractivity contribution < 1.29 is 0 Å². The first-order valence-electron chi connectivity index (χ1n) is 4.58. The molecular formula is C10H15ClN2. The Morgan fingerprint density at radius 3 is 3.00 bits per heavy atom. The molecule has 0 saturated carbocycles. The minimum absolute atomic E-state index is 0.269. The van der Waals surface area contributed by atoms with Crippen LogP contribution in [0, 0.1) is 0 Å². The van der Waals surface area contributed by atoms with Gasteiger partial charge in [0.15, 0.2) is 0 Å². The van der Waals surface area contributed by atoms with E-state index in [1.54, 1.807) is 6.20 Å². The second kappa shape index (κ2) is 5.81. The van der Waals surface area contributed by atoms with Crippen LogP contribution < -0.4 is 5.32 Å². The van der Waals surface area contributed by atoms with Gasteiger partial charge in [0.1, 0.15) is 5.82 Å². The van der Waals surface area contributed by atoms with Crippen molar-refractivity contribution in [2.24, 2.45) is 0 Å². The lowest BCUT2D eigenvalue weighted by Gasteiger charge is -2.05. The zero-order valence-electron chi connectivity index (χ0n) is 7.83. The maximum Gasteiger partial charge on any atom is 0.125 e. The number of rotatable bonds is 5. The van der Waals surface area contributed by atoms with Gasteiger partial charge < -0.3 is 5.32 Å². The van der Waals surface area contributed by atoms with E-state index in [2.05, 4.69) is 10.3 Å². The molecule has 0 spiro atoms. The van der Waals surface area contributed by atoms with Gasteiger partial charge in [0, 0.05) is 18.1 Å². The quantitative estimate of drug-likeness (QED) is 0.582. The third-order valence-corrected chi connectivity index (χ3v) is 1.97. The van der Waals surface area contributed by atoms with E-state index in [0.29, 0.717) is 0 Å². The molecule has 2 nitrogen and oxygen atoms in total. The summed E-state index contributed by atoms with van der Waals surface area (Å²) in [5.74, 6) is 0.935. The molecule has 0 aliphatic rings. The van der Waals surface area contributed by atoms with Gasteiger partial charge in [-0.1, -0.05) is 6.07 Å². The molecule has 0 aliphatic carbocycles. The van der Waals surface area contributed by atoms with Crippen LogP contribution in [0.4, 0.5) is 5.82 Å². The maximum atomic E-state index is 5.82. The first kappa shape index (κ1) is 10.3. The van der Waals surface area contributed by atoms with Gasteiger partial charge in [-0.05, 0) is 31.9 Å². The highest BCUT2D eigenvalue weighted by atomic mass is 35.5. The minimum Gasteiger partial charge on any atom is -0.370 e. The predicted octanol–water partition coefficient (Wildman–Crippen LogP) is 2.90. The van der Waals surface area contributed by atoms with Crippen molar-refractivity contribution in [2.75, 3.05) is 11.9 Å². The lowest BCUT2D eigenvalue weighted by Crippen LogP contribution is -2.04. The molecule has 1 unspecified atom stereocenters. The molecule has 0 aromatic carbocycles. The van der Waals surface area contributed by atoms with Crippen LogP contribution in [0.2, 0.25) is 0 Å². The fourth-order valence-corrected chi connectivity index (χ4v) is 1.22. The normalized spacial score (nSPS) is 12.5. The molecule has 0 aliphatic heterocycles. The number of halogens is 1. The number of hydrogen-bond donors (Lipinski definition) is 1. The highest BCUT2D eigenvalue weighted by Gasteiger charge is 1.95. The van der Waals surface area contributed by atoms with Crippen molar-refractivity contribution in [3.8, 4) is 0 Å². The summed E-state index contributed by atoms with van der Waals surface area (Å²) in [4.78, 5) is 4.15. The summed E-state index contributed by atoms with van der Waals surface area (Å²) >= 11 is 5.82. The predicted molar refractivity (Wildman–Crippen MR) is 57.3 cm³/mol. The van der Waals surface area contributed by atoms with Crippen molar-refractivity contribution in [1.29, 1.82) is 0 Å². The average Bonchev–Trinajstić information content (AvgIpc) is 2.14. The lowest BCUT2D eigenvalue weighted by atomic mass is 10.2. The average molecular weight is 199 g/mol. The number of pyridine rings is 1. The molecule has 0 bridgehead atoms. The van der Waals surface area contributed by atoms with Crippen molar-refractivity contribution in [3.05, 3.63) is 24.4 Å². The van der Waals surface area contributed by atoms with Gasteiger partial charge in [0.05, 0.1) is 0 Å². The van der Waals surface area contributed by atoms with Crippen LogP contribution in [0.1, 0.15) is 19.8 Å². The summed E-state index contributed by atoms with van der Waals surface area (Å²) in [6.45, 7) is 2.95. The molecule has 1 heterocycles. The van der Waals surface area contributed by atoms with Crippen molar-refractivity contribution in [1.82, 2.24) is 4.98 Å². The van der Waals surface area contributed by atoms with Gasteiger partial charge in [-0.3, -0.25) is 0 Å². The van der Waals surface area contributed by atoms with Crippen LogP contribution in [-0.4, -0.2) is 16.9 Å². The molecule has 1 rings (SSSR count). The number of anilines is 1. The number of aromatic nitrogens is 1. The van der Waals surface area contributed by atoms with E-state index in [0.717, 1.165) is 25.2 Å². The van der Waals surface area contributed by atoms with E-state index in [4.69, 9.17) is 11.6 Å². The molecule has 13 heavy (non-hydrogen) atoms. The summed E-state index contributed by atoms with van der Waals surface area (Å²) in [5.41, 5.74) is 0. The molecule has 1 aromatic heterocycles. The molecule has 1 aromatic rings. The van der Waals surface area contributed by atoms with Crippen LogP contribution in [0.5, 0.6) is 0 Å². The van der Waals surface area contributed by atoms with Gasteiger partial charge >= 0.3 is 0 Å². The summed E-state index contributed by atoms with van der Waals surface area (Å²) in [5, 5.41) is 3.50. The van der Waals surface area contributed by atoms with Crippen molar-refractivity contribution >= 4 is 17.4 Å². The molecule has 1 N–H and O–H groups in total. The van der Waals surface area contributed by atoms with E-state index in [9.17, 15) is 0 Å². The fraction of sp³-hybridized carbons (Fsp3) is 0.500. The summed E-state index contributed by atoms with van der Waals surface area (Å²) in [7, 11) is 0. The van der Waals surface area contributed by atoms with Gasteiger partial charge in [-0.25, -0.2) is 4.98 Å². The van der Waals surface area contributed by atoms with Gasteiger partial charge in [0.25, 0.3) is 0 Å². The third-order valence-electron chi connectivity index (χ3n) is 1.75. The molecule has 0 radical (unpaired) electrons. The van der Waals surface area contributed by atoms with Crippen molar-refractivity contribution in [2.45, 2.75) is 25.1 Å². The smallest absolute Gasteiger partial charge is 0.125 e. The molecular weight excluding hydrogens is 184 g/mol. The van der Waals surface area contributed by atoms with E-state index in [1.165, 1.54) is 0 Å². The number of hydrogen-bond acceptors (Lipinski definition) is 2. The summed E-state index contributed by atoms with van der Waals surface area (Å²) < 4.78 is 0. The Hall–Kier alpha value is -0.760. The van der Waals surface area contributed by atoms with E-state index >= 15 is 0 Å². The summed E-state index contributed by atoms with van der Waals surface area (Å²) in [6.07, 6.45) is 3.91. The lowest BCUT2D eigenvalue weighted by molar-refractivity contribution is 0.749. The zero-order chi connectivity index (χ0) is 9.52. The Labute approximate surface area is 84.3 Å². The topological polar surface area (TPSA) is 24.9 Å². The number of alkyl halides is 1. The third kappa shape index (κ3) is 4.73. The first-order chi connectivity index (χ1) is 6.29. The molecule has 72 valence electrons. The second-order valence-corrected chi connectivity index (χ2v) is 3.81. The Bertz CT molecular complexity index is 224. The highest BCUT2D eigenvalue weighted by molar-refractivity contribution is 6.20. The first-order valence-corrected chi connectivity index (χ1v) is 5.01. The van der Waals surface area contributed by atoms with Crippen LogP contribution >= 0.6 is 11.6 Å². The molecule has 3 heteroatoms. The zero-order valence-corrected chi connectivity index (χ0v) is 8.59.